The number of benzene rings is 2. The normalized spacial score (nSPS) is 13.2. The molecule has 0 aliphatic heterocycles. The Balaban J connectivity index is 1.97. The fraction of sp³-hybridized carbons (Fsp3) is 0.480. The highest BCUT2D eigenvalue weighted by Gasteiger charge is 2.17. The molecule has 0 aliphatic carbocycles. The van der Waals surface area contributed by atoms with Gasteiger partial charge in [0.15, 0.2) is 0 Å². The third-order valence-electron chi connectivity index (χ3n) is 5.15. The minimum Gasteiger partial charge on any atom is -0.458 e. The number of rotatable bonds is 10. The lowest BCUT2D eigenvalue weighted by atomic mass is 9.99. The molecule has 0 heterocycles. The number of ether oxygens (including phenoxy) is 1. The van der Waals surface area contributed by atoms with Gasteiger partial charge in [-0.1, -0.05) is 88.6 Å². The Hall–Kier alpha value is -2.09. The second kappa shape index (κ2) is 10.9. The Kier molecular flexibility index (Phi) is 8.57. The SMILES string of the molecule is CCCCCc1ccc(-c2ccc(C(C)OC(=O)C(C)CCC)cc2)cc1. The highest BCUT2D eigenvalue weighted by Crippen LogP contribution is 2.25. The fourth-order valence-electron chi connectivity index (χ4n) is 3.30. The van der Waals surface area contributed by atoms with E-state index < -0.39 is 0 Å². The molecule has 0 bridgehead atoms. The summed E-state index contributed by atoms with van der Waals surface area (Å²) in [5.41, 5.74) is 4.86. The van der Waals surface area contributed by atoms with Gasteiger partial charge in [-0.15, -0.1) is 0 Å². The third kappa shape index (κ3) is 6.53. The number of hydrogen-bond donors (Lipinski definition) is 0. The lowest BCUT2D eigenvalue weighted by Crippen LogP contribution is -2.16. The van der Waals surface area contributed by atoms with Crippen molar-refractivity contribution in [2.45, 2.75) is 72.3 Å². The lowest BCUT2D eigenvalue weighted by Gasteiger charge is -2.17. The molecule has 0 radical (unpaired) electrons. The predicted molar refractivity (Wildman–Crippen MR) is 114 cm³/mol. The Morgan fingerprint density at radius 2 is 1.44 bits per heavy atom. The van der Waals surface area contributed by atoms with Crippen molar-refractivity contribution in [3.8, 4) is 11.1 Å². The highest BCUT2D eigenvalue weighted by atomic mass is 16.5. The van der Waals surface area contributed by atoms with E-state index in [1.165, 1.54) is 36.0 Å². The molecule has 2 aromatic rings. The zero-order valence-corrected chi connectivity index (χ0v) is 17.3. The molecule has 2 aromatic carbocycles. The van der Waals surface area contributed by atoms with Gasteiger partial charge in [-0.2, -0.15) is 0 Å². The maximum atomic E-state index is 12.1. The molecule has 0 aliphatic rings. The summed E-state index contributed by atoms with van der Waals surface area (Å²) >= 11 is 0. The summed E-state index contributed by atoms with van der Waals surface area (Å²) in [4.78, 5) is 12.1. The number of aryl methyl sites for hydroxylation is 1. The number of unbranched alkanes of at least 4 members (excludes halogenated alkanes) is 2. The molecule has 0 spiro atoms. The van der Waals surface area contributed by atoms with E-state index in [1.807, 2.05) is 13.8 Å². The largest absolute Gasteiger partial charge is 0.458 e. The Morgan fingerprint density at radius 1 is 0.852 bits per heavy atom. The van der Waals surface area contributed by atoms with Crippen LogP contribution in [0.3, 0.4) is 0 Å². The van der Waals surface area contributed by atoms with Gasteiger partial charge < -0.3 is 4.74 Å². The van der Waals surface area contributed by atoms with Crippen molar-refractivity contribution in [2.24, 2.45) is 5.92 Å². The lowest BCUT2D eigenvalue weighted by molar-refractivity contribution is -0.153. The van der Waals surface area contributed by atoms with Crippen LogP contribution in [0.2, 0.25) is 0 Å². The van der Waals surface area contributed by atoms with Crippen LogP contribution >= 0.6 is 0 Å². The van der Waals surface area contributed by atoms with Gasteiger partial charge in [0, 0.05) is 0 Å². The summed E-state index contributed by atoms with van der Waals surface area (Å²) in [5, 5.41) is 0. The van der Waals surface area contributed by atoms with E-state index >= 15 is 0 Å². The molecular formula is C25H34O2. The fourth-order valence-corrected chi connectivity index (χ4v) is 3.30. The number of carbonyl (C=O) groups excluding carboxylic acids is 1. The predicted octanol–water partition coefficient (Wildman–Crippen LogP) is 7.13. The molecule has 0 N–H and O–H groups in total. The Morgan fingerprint density at radius 3 is 2.00 bits per heavy atom. The van der Waals surface area contributed by atoms with Crippen LogP contribution in [0.4, 0.5) is 0 Å². The molecule has 0 aromatic heterocycles. The van der Waals surface area contributed by atoms with Gasteiger partial charge in [-0.3, -0.25) is 4.79 Å². The average molecular weight is 367 g/mol. The monoisotopic (exact) mass is 366 g/mol. The van der Waals surface area contributed by atoms with E-state index in [2.05, 4.69) is 62.4 Å². The number of hydrogen-bond acceptors (Lipinski definition) is 2. The maximum absolute atomic E-state index is 12.1. The summed E-state index contributed by atoms with van der Waals surface area (Å²) in [6, 6.07) is 17.2. The van der Waals surface area contributed by atoms with Gasteiger partial charge in [-0.05, 0) is 48.4 Å². The molecule has 2 nitrogen and oxygen atoms in total. The third-order valence-corrected chi connectivity index (χ3v) is 5.15. The van der Waals surface area contributed by atoms with Gasteiger partial charge in [-0.25, -0.2) is 0 Å². The molecule has 27 heavy (non-hydrogen) atoms. The molecular weight excluding hydrogens is 332 g/mol. The first kappa shape index (κ1) is 21.2. The smallest absolute Gasteiger partial charge is 0.309 e. The second-order valence-electron chi connectivity index (χ2n) is 7.54. The first-order valence-corrected chi connectivity index (χ1v) is 10.4. The highest BCUT2D eigenvalue weighted by molar-refractivity contribution is 5.72. The van der Waals surface area contributed by atoms with Crippen LogP contribution in [0, 0.1) is 5.92 Å². The molecule has 2 atom stereocenters. The van der Waals surface area contributed by atoms with Crippen molar-refractivity contribution in [1.82, 2.24) is 0 Å². The molecule has 0 fully saturated rings. The molecule has 0 amide bonds. The van der Waals surface area contributed by atoms with E-state index in [0.29, 0.717) is 0 Å². The minimum atomic E-state index is -0.216. The summed E-state index contributed by atoms with van der Waals surface area (Å²) in [6.45, 7) is 8.20. The quantitative estimate of drug-likeness (QED) is 0.330. The van der Waals surface area contributed by atoms with Crippen molar-refractivity contribution >= 4 is 5.97 Å². The van der Waals surface area contributed by atoms with Crippen LogP contribution in [-0.2, 0) is 16.0 Å². The van der Waals surface area contributed by atoms with E-state index in [9.17, 15) is 4.79 Å². The molecule has 2 heteroatoms. The summed E-state index contributed by atoms with van der Waals surface area (Å²) < 4.78 is 5.62. The van der Waals surface area contributed by atoms with Crippen LogP contribution in [0.1, 0.15) is 77.0 Å². The zero-order valence-electron chi connectivity index (χ0n) is 17.3. The zero-order chi connectivity index (χ0) is 19.6. The summed E-state index contributed by atoms with van der Waals surface area (Å²) in [5.74, 6) is -0.139. The van der Waals surface area contributed by atoms with E-state index in [-0.39, 0.29) is 18.0 Å². The van der Waals surface area contributed by atoms with Crippen LogP contribution in [0.5, 0.6) is 0 Å². The van der Waals surface area contributed by atoms with Gasteiger partial charge in [0.25, 0.3) is 0 Å². The van der Waals surface area contributed by atoms with Crippen molar-refractivity contribution < 1.29 is 9.53 Å². The first-order valence-electron chi connectivity index (χ1n) is 10.4. The van der Waals surface area contributed by atoms with Crippen LogP contribution in [0.15, 0.2) is 48.5 Å². The maximum Gasteiger partial charge on any atom is 0.309 e. The van der Waals surface area contributed by atoms with Crippen molar-refractivity contribution in [2.75, 3.05) is 0 Å². The van der Waals surface area contributed by atoms with Gasteiger partial charge in [0.1, 0.15) is 6.10 Å². The average Bonchev–Trinajstić information content (AvgIpc) is 2.69. The first-order chi connectivity index (χ1) is 13.0. The van der Waals surface area contributed by atoms with Crippen LogP contribution in [0.25, 0.3) is 11.1 Å². The second-order valence-corrected chi connectivity index (χ2v) is 7.54. The van der Waals surface area contributed by atoms with E-state index in [0.717, 1.165) is 24.8 Å². The number of carbonyl (C=O) groups is 1. The van der Waals surface area contributed by atoms with E-state index in [4.69, 9.17) is 4.74 Å². The van der Waals surface area contributed by atoms with Crippen molar-refractivity contribution in [1.29, 1.82) is 0 Å². The molecule has 2 rings (SSSR count). The van der Waals surface area contributed by atoms with Gasteiger partial charge in [0.2, 0.25) is 0 Å². The van der Waals surface area contributed by atoms with Gasteiger partial charge >= 0.3 is 5.97 Å². The van der Waals surface area contributed by atoms with Crippen LogP contribution in [-0.4, -0.2) is 5.97 Å². The molecule has 0 saturated heterocycles. The molecule has 146 valence electrons. The minimum absolute atomic E-state index is 0.0347. The Labute approximate surface area is 165 Å². The Bertz CT molecular complexity index is 685. The topological polar surface area (TPSA) is 26.3 Å². The molecule has 0 saturated carbocycles. The standard InChI is InChI=1S/C25H34O2/c1-5-7-8-10-21-11-13-23(14-12-21)24-17-15-22(16-18-24)20(4)27-25(26)19(3)9-6-2/h11-20H,5-10H2,1-4H3. The van der Waals surface area contributed by atoms with E-state index in [1.54, 1.807) is 0 Å². The molecule has 2 unspecified atom stereocenters. The number of esters is 1. The summed E-state index contributed by atoms with van der Waals surface area (Å²) in [7, 11) is 0. The van der Waals surface area contributed by atoms with Crippen molar-refractivity contribution in [3.63, 3.8) is 0 Å². The van der Waals surface area contributed by atoms with Crippen LogP contribution < -0.4 is 0 Å². The van der Waals surface area contributed by atoms with Gasteiger partial charge in [0.05, 0.1) is 5.92 Å². The van der Waals surface area contributed by atoms with Crippen molar-refractivity contribution in [3.05, 3.63) is 59.7 Å². The summed E-state index contributed by atoms with van der Waals surface area (Å²) in [6.07, 6.45) is 6.63.